The summed E-state index contributed by atoms with van der Waals surface area (Å²) in [6.07, 6.45) is -0.476. The number of nitriles is 1. The molecule has 3 rings (SSSR count). The minimum absolute atomic E-state index is 0.0141. The van der Waals surface area contributed by atoms with E-state index in [4.69, 9.17) is 19.9 Å². The van der Waals surface area contributed by atoms with Crippen molar-refractivity contribution in [1.82, 2.24) is 5.48 Å². The number of phenols is 1. The molecule has 0 aliphatic heterocycles. The van der Waals surface area contributed by atoms with Gasteiger partial charge in [-0.15, -0.1) is 0 Å². The van der Waals surface area contributed by atoms with Crippen molar-refractivity contribution in [3.05, 3.63) is 102 Å². The molecule has 0 bridgehead atoms. The van der Waals surface area contributed by atoms with Crippen molar-refractivity contribution in [1.29, 1.82) is 5.26 Å². The Labute approximate surface area is 195 Å². The predicted octanol–water partition coefficient (Wildman–Crippen LogP) is 4.06. The second kappa shape index (κ2) is 11.7. The first-order chi connectivity index (χ1) is 16.5. The van der Waals surface area contributed by atoms with Crippen molar-refractivity contribution >= 4 is 17.7 Å². The number of nitrogens with one attached hydrogen (secondary N) is 2. The van der Waals surface area contributed by atoms with Crippen LogP contribution in [0.1, 0.15) is 17.2 Å². The molecular formula is C25H21N3O6. The van der Waals surface area contributed by atoms with Gasteiger partial charge in [0.05, 0.1) is 11.6 Å². The highest BCUT2D eigenvalue weighted by molar-refractivity contribution is 5.86. The summed E-state index contributed by atoms with van der Waals surface area (Å²) in [6.45, 7) is 0. The van der Waals surface area contributed by atoms with E-state index in [0.717, 1.165) is 6.08 Å². The minimum Gasteiger partial charge on any atom is -0.508 e. The Balaban J connectivity index is 1.90. The Hall–Kier alpha value is -4.81. The van der Waals surface area contributed by atoms with Crippen LogP contribution in [0.15, 0.2) is 91.0 Å². The molecular weight excluding hydrogens is 438 g/mol. The standard InChI is InChI=1S/C25H21N3O6/c26-16-17-6-10-19(11-7-17)27-25(31)34-24(18-8-12-20(29)13-9-18)22(14-15-23(30)28-32)33-21-4-2-1-3-5-21/h1-15,22,24,29,32H,(H,27,31)(H,28,30)/b15-14+/t22-,24-/m0/s1. The number of benzene rings is 3. The summed E-state index contributed by atoms with van der Waals surface area (Å²) < 4.78 is 11.7. The van der Waals surface area contributed by atoms with Crippen LogP contribution < -0.4 is 15.5 Å². The molecule has 9 heteroatoms. The smallest absolute Gasteiger partial charge is 0.412 e. The van der Waals surface area contributed by atoms with E-state index in [-0.39, 0.29) is 5.75 Å². The maximum Gasteiger partial charge on any atom is 0.412 e. The van der Waals surface area contributed by atoms with Crippen LogP contribution in [0.4, 0.5) is 10.5 Å². The molecule has 0 saturated heterocycles. The van der Waals surface area contributed by atoms with Crippen molar-refractivity contribution in [2.24, 2.45) is 0 Å². The van der Waals surface area contributed by atoms with Crippen LogP contribution in [-0.4, -0.2) is 28.4 Å². The first-order valence-corrected chi connectivity index (χ1v) is 10.1. The van der Waals surface area contributed by atoms with E-state index in [2.05, 4.69) is 5.32 Å². The second-order valence-corrected chi connectivity index (χ2v) is 6.96. The number of ether oxygens (including phenoxy) is 2. The van der Waals surface area contributed by atoms with E-state index >= 15 is 0 Å². The van der Waals surface area contributed by atoms with Crippen molar-refractivity contribution in [3.63, 3.8) is 0 Å². The highest BCUT2D eigenvalue weighted by atomic mass is 16.6. The second-order valence-electron chi connectivity index (χ2n) is 6.96. The van der Waals surface area contributed by atoms with E-state index in [1.807, 2.05) is 6.07 Å². The first kappa shape index (κ1) is 23.8. The molecule has 0 saturated carbocycles. The zero-order valence-electron chi connectivity index (χ0n) is 17.8. The lowest BCUT2D eigenvalue weighted by Gasteiger charge is -2.26. The SMILES string of the molecule is N#Cc1ccc(NC(=O)O[C@@H](c2ccc(O)cc2)[C@H](/C=C/C(=O)NO)Oc2ccccc2)cc1. The Morgan fingerprint density at radius 2 is 1.65 bits per heavy atom. The molecule has 0 radical (unpaired) electrons. The molecule has 2 atom stereocenters. The quantitative estimate of drug-likeness (QED) is 0.226. The number of rotatable bonds is 8. The number of anilines is 1. The molecule has 0 unspecified atom stereocenters. The Morgan fingerprint density at radius 1 is 0.971 bits per heavy atom. The van der Waals surface area contributed by atoms with Gasteiger partial charge in [0.2, 0.25) is 0 Å². The number of hydroxylamine groups is 1. The predicted molar refractivity (Wildman–Crippen MR) is 122 cm³/mol. The van der Waals surface area contributed by atoms with Crippen molar-refractivity contribution in [2.75, 3.05) is 5.32 Å². The van der Waals surface area contributed by atoms with E-state index in [9.17, 15) is 14.7 Å². The number of hydrogen-bond acceptors (Lipinski definition) is 7. The molecule has 0 aliphatic carbocycles. The lowest BCUT2D eigenvalue weighted by molar-refractivity contribution is -0.124. The molecule has 3 aromatic carbocycles. The van der Waals surface area contributed by atoms with Crippen LogP contribution in [0, 0.1) is 11.3 Å². The van der Waals surface area contributed by atoms with Gasteiger partial charge in [0.15, 0.2) is 12.2 Å². The summed E-state index contributed by atoms with van der Waals surface area (Å²) >= 11 is 0. The number of carbonyl (C=O) groups excluding carboxylic acids is 2. The third kappa shape index (κ3) is 6.85. The number of aromatic hydroxyl groups is 1. The van der Waals surface area contributed by atoms with Gasteiger partial charge in [0.25, 0.3) is 5.91 Å². The number of carbonyl (C=O) groups is 2. The molecule has 0 aromatic heterocycles. The van der Waals surface area contributed by atoms with Crippen molar-refractivity contribution in [2.45, 2.75) is 12.2 Å². The normalized spacial score (nSPS) is 12.2. The fourth-order valence-corrected chi connectivity index (χ4v) is 2.96. The summed E-state index contributed by atoms with van der Waals surface area (Å²) in [5.41, 5.74) is 2.81. The van der Waals surface area contributed by atoms with E-state index in [1.54, 1.807) is 66.7 Å². The van der Waals surface area contributed by atoms with Crippen LogP contribution in [0.5, 0.6) is 11.5 Å². The third-order valence-corrected chi connectivity index (χ3v) is 4.58. The summed E-state index contributed by atoms with van der Waals surface area (Å²) in [5.74, 6) is -0.338. The van der Waals surface area contributed by atoms with Crippen LogP contribution >= 0.6 is 0 Å². The van der Waals surface area contributed by atoms with Gasteiger partial charge in [-0.25, -0.2) is 10.3 Å². The Bertz CT molecular complexity index is 1170. The lowest BCUT2D eigenvalue weighted by atomic mass is 10.0. The zero-order valence-corrected chi connectivity index (χ0v) is 17.8. The van der Waals surface area contributed by atoms with E-state index in [1.165, 1.54) is 23.7 Å². The molecule has 172 valence electrons. The van der Waals surface area contributed by atoms with Crippen LogP contribution in [0.25, 0.3) is 0 Å². The summed E-state index contributed by atoms with van der Waals surface area (Å²) in [7, 11) is 0. The maximum absolute atomic E-state index is 12.7. The molecule has 34 heavy (non-hydrogen) atoms. The molecule has 0 heterocycles. The van der Waals surface area contributed by atoms with Gasteiger partial charge in [-0.2, -0.15) is 5.26 Å². The summed E-state index contributed by atoms with van der Waals surface area (Å²) in [4.78, 5) is 24.3. The maximum atomic E-state index is 12.7. The van der Waals surface area contributed by atoms with Gasteiger partial charge in [0, 0.05) is 11.8 Å². The van der Waals surface area contributed by atoms with Gasteiger partial charge in [-0.3, -0.25) is 15.3 Å². The largest absolute Gasteiger partial charge is 0.508 e. The van der Waals surface area contributed by atoms with E-state index < -0.39 is 24.2 Å². The molecule has 0 spiro atoms. The van der Waals surface area contributed by atoms with Crippen molar-refractivity contribution < 1.29 is 29.4 Å². The monoisotopic (exact) mass is 459 g/mol. The highest BCUT2D eigenvalue weighted by Gasteiger charge is 2.28. The average molecular weight is 459 g/mol. The molecule has 0 fully saturated rings. The van der Waals surface area contributed by atoms with Gasteiger partial charge in [0.1, 0.15) is 11.5 Å². The Kier molecular flexibility index (Phi) is 8.21. The van der Waals surface area contributed by atoms with Gasteiger partial charge in [-0.1, -0.05) is 30.3 Å². The highest BCUT2D eigenvalue weighted by Crippen LogP contribution is 2.28. The van der Waals surface area contributed by atoms with Crippen molar-refractivity contribution in [3.8, 4) is 17.6 Å². The molecule has 9 nitrogen and oxygen atoms in total. The first-order valence-electron chi connectivity index (χ1n) is 10.1. The Morgan fingerprint density at radius 3 is 2.26 bits per heavy atom. The van der Waals surface area contributed by atoms with Gasteiger partial charge < -0.3 is 14.6 Å². The summed E-state index contributed by atoms with van der Waals surface area (Å²) in [6, 6.07) is 22.8. The topological polar surface area (TPSA) is 141 Å². The van der Waals surface area contributed by atoms with Crippen LogP contribution in [0.3, 0.4) is 0 Å². The fraction of sp³-hybridized carbons (Fsp3) is 0.0800. The van der Waals surface area contributed by atoms with Crippen LogP contribution in [0.2, 0.25) is 0 Å². The number of phenolic OH excluding ortho intramolecular Hbond substituents is 1. The zero-order chi connectivity index (χ0) is 24.3. The lowest BCUT2D eigenvalue weighted by Crippen LogP contribution is -2.30. The summed E-state index contributed by atoms with van der Waals surface area (Å²) in [5, 5.41) is 30.0. The minimum atomic E-state index is -1.05. The molecule has 3 aromatic rings. The molecule has 2 amide bonds. The number of para-hydroxylation sites is 1. The van der Waals surface area contributed by atoms with Gasteiger partial charge >= 0.3 is 6.09 Å². The van der Waals surface area contributed by atoms with Gasteiger partial charge in [-0.05, 0) is 60.2 Å². The number of amides is 2. The fourth-order valence-electron chi connectivity index (χ4n) is 2.96. The molecule has 0 aliphatic rings. The molecule has 4 N–H and O–H groups in total. The number of hydrogen-bond donors (Lipinski definition) is 4. The van der Waals surface area contributed by atoms with E-state index in [0.29, 0.717) is 22.6 Å². The number of nitrogens with zero attached hydrogens (tertiary/aromatic N) is 1. The average Bonchev–Trinajstić information content (AvgIpc) is 2.86. The van der Waals surface area contributed by atoms with Crippen LogP contribution in [-0.2, 0) is 9.53 Å². The third-order valence-electron chi connectivity index (χ3n) is 4.58.